The first-order valence-corrected chi connectivity index (χ1v) is 8.98. The Balaban J connectivity index is 2.58. The van der Waals surface area contributed by atoms with Gasteiger partial charge in [-0.3, -0.25) is 0 Å². The molecule has 2 amide bonds. The van der Waals surface area contributed by atoms with Gasteiger partial charge in [0, 0.05) is 11.3 Å². The number of rotatable bonds is 6. The normalized spacial score (nSPS) is 17.4. The van der Waals surface area contributed by atoms with E-state index in [0.29, 0.717) is 17.0 Å². The van der Waals surface area contributed by atoms with Gasteiger partial charge in [0.25, 0.3) is 0 Å². The van der Waals surface area contributed by atoms with Crippen LogP contribution in [0.2, 0.25) is 0 Å². The standard InChI is InChI=1S/C20H28N2O4/c1-11(2)17-16(19(23)26-13(5)6)18(22-20(24)21-17)14-9-7-8-10-15(14)25-12(3)4/h7-13,18H,1-6H3,(H2,21,22,24). The molecule has 2 N–H and O–H groups in total. The van der Waals surface area contributed by atoms with Crippen LogP contribution in [-0.2, 0) is 9.53 Å². The quantitative estimate of drug-likeness (QED) is 0.759. The van der Waals surface area contributed by atoms with Gasteiger partial charge in [-0.05, 0) is 39.7 Å². The number of allylic oxidation sites excluding steroid dienone is 1. The summed E-state index contributed by atoms with van der Waals surface area (Å²) in [4.78, 5) is 25.1. The molecule has 1 aromatic rings. The molecule has 0 saturated heterocycles. The number of carbonyl (C=O) groups is 2. The van der Waals surface area contributed by atoms with Crippen molar-refractivity contribution < 1.29 is 19.1 Å². The van der Waals surface area contributed by atoms with E-state index in [2.05, 4.69) is 10.6 Å². The molecule has 0 spiro atoms. The maximum absolute atomic E-state index is 12.8. The van der Waals surface area contributed by atoms with E-state index >= 15 is 0 Å². The van der Waals surface area contributed by atoms with Gasteiger partial charge in [-0.15, -0.1) is 0 Å². The fourth-order valence-corrected chi connectivity index (χ4v) is 2.86. The van der Waals surface area contributed by atoms with Gasteiger partial charge in [0.1, 0.15) is 5.75 Å². The second-order valence-electron chi connectivity index (χ2n) is 7.17. The third-order valence-corrected chi connectivity index (χ3v) is 3.84. The second-order valence-corrected chi connectivity index (χ2v) is 7.17. The van der Waals surface area contributed by atoms with Crippen molar-refractivity contribution in [2.45, 2.75) is 59.8 Å². The summed E-state index contributed by atoms with van der Waals surface area (Å²) >= 11 is 0. The van der Waals surface area contributed by atoms with E-state index in [1.807, 2.05) is 52.0 Å². The molecule has 142 valence electrons. The van der Waals surface area contributed by atoms with Crippen LogP contribution >= 0.6 is 0 Å². The zero-order chi connectivity index (χ0) is 19.4. The smallest absolute Gasteiger partial charge is 0.338 e. The van der Waals surface area contributed by atoms with Crippen LogP contribution < -0.4 is 15.4 Å². The Labute approximate surface area is 154 Å². The van der Waals surface area contributed by atoms with Crippen LogP contribution in [0.4, 0.5) is 4.79 Å². The van der Waals surface area contributed by atoms with Crippen LogP contribution in [-0.4, -0.2) is 24.2 Å². The molecule has 0 saturated carbocycles. The Morgan fingerprint density at radius 3 is 2.27 bits per heavy atom. The zero-order valence-corrected chi connectivity index (χ0v) is 16.3. The Bertz CT molecular complexity index is 708. The molecule has 1 aromatic carbocycles. The van der Waals surface area contributed by atoms with E-state index in [1.54, 1.807) is 13.8 Å². The van der Waals surface area contributed by atoms with Crippen LogP contribution in [0.5, 0.6) is 5.75 Å². The van der Waals surface area contributed by atoms with Crippen LogP contribution in [0.15, 0.2) is 35.5 Å². The monoisotopic (exact) mass is 360 g/mol. The summed E-state index contributed by atoms with van der Waals surface area (Å²) in [5.41, 5.74) is 1.71. The van der Waals surface area contributed by atoms with Crippen molar-refractivity contribution in [3.05, 3.63) is 41.1 Å². The van der Waals surface area contributed by atoms with Gasteiger partial charge >= 0.3 is 12.0 Å². The van der Waals surface area contributed by atoms with Crippen molar-refractivity contribution in [2.24, 2.45) is 5.92 Å². The highest BCUT2D eigenvalue weighted by molar-refractivity contribution is 5.95. The molecule has 6 heteroatoms. The average molecular weight is 360 g/mol. The Kier molecular flexibility index (Phi) is 6.29. The lowest BCUT2D eigenvalue weighted by molar-refractivity contribution is -0.143. The van der Waals surface area contributed by atoms with Crippen molar-refractivity contribution in [1.82, 2.24) is 10.6 Å². The Morgan fingerprint density at radius 2 is 1.69 bits per heavy atom. The lowest BCUT2D eigenvalue weighted by atomic mass is 9.91. The molecule has 26 heavy (non-hydrogen) atoms. The number of esters is 1. The SMILES string of the molecule is CC(C)OC(=O)C1=C(C(C)C)NC(=O)NC1c1ccccc1OC(C)C. The summed E-state index contributed by atoms with van der Waals surface area (Å²) in [6.45, 7) is 11.3. The van der Waals surface area contributed by atoms with Gasteiger partial charge in [0.2, 0.25) is 0 Å². The topological polar surface area (TPSA) is 76.7 Å². The Hall–Kier alpha value is -2.50. The van der Waals surface area contributed by atoms with Crippen molar-refractivity contribution in [3.8, 4) is 5.75 Å². The molecule has 1 unspecified atom stereocenters. The minimum atomic E-state index is -0.637. The lowest BCUT2D eigenvalue weighted by Crippen LogP contribution is -2.47. The van der Waals surface area contributed by atoms with E-state index in [4.69, 9.17) is 9.47 Å². The number of ether oxygens (including phenoxy) is 2. The van der Waals surface area contributed by atoms with Gasteiger partial charge < -0.3 is 20.1 Å². The van der Waals surface area contributed by atoms with E-state index < -0.39 is 12.0 Å². The number of amides is 2. The van der Waals surface area contributed by atoms with Crippen LogP contribution in [0.1, 0.15) is 53.1 Å². The third kappa shape index (κ3) is 4.56. The predicted molar refractivity (Wildman–Crippen MR) is 99.7 cm³/mol. The van der Waals surface area contributed by atoms with Gasteiger partial charge in [0.15, 0.2) is 0 Å². The highest BCUT2D eigenvalue weighted by atomic mass is 16.5. The molecule has 1 heterocycles. The van der Waals surface area contributed by atoms with E-state index in [1.165, 1.54) is 0 Å². The Morgan fingerprint density at radius 1 is 1.04 bits per heavy atom. The van der Waals surface area contributed by atoms with Crippen molar-refractivity contribution in [1.29, 1.82) is 0 Å². The maximum atomic E-state index is 12.8. The minimum absolute atomic E-state index is 0.0341. The second kappa shape index (κ2) is 8.25. The zero-order valence-electron chi connectivity index (χ0n) is 16.3. The van der Waals surface area contributed by atoms with E-state index in [-0.39, 0.29) is 24.2 Å². The number of nitrogens with one attached hydrogen (secondary N) is 2. The summed E-state index contributed by atoms with van der Waals surface area (Å²) < 4.78 is 11.3. The first kappa shape index (κ1) is 19.8. The van der Waals surface area contributed by atoms with Crippen molar-refractivity contribution >= 4 is 12.0 Å². The number of carbonyl (C=O) groups excluding carboxylic acids is 2. The molecule has 1 aliphatic heterocycles. The van der Waals surface area contributed by atoms with E-state index in [9.17, 15) is 9.59 Å². The summed E-state index contributed by atoms with van der Waals surface area (Å²) in [5, 5.41) is 5.61. The molecule has 1 atom stereocenters. The van der Waals surface area contributed by atoms with Gasteiger partial charge in [-0.25, -0.2) is 9.59 Å². The summed E-state index contributed by atoms with van der Waals surface area (Å²) in [5.74, 6) is 0.143. The molecule has 1 aliphatic rings. The fourth-order valence-electron chi connectivity index (χ4n) is 2.86. The first-order valence-electron chi connectivity index (χ1n) is 8.98. The molecular weight excluding hydrogens is 332 g/mol. The van der Waals surface area contributed by atoms with Gasteiger partial charge in [-0.2, -0.15) is 0 Å². The molecule has 0 bridgehead atoms. The third-order valence-electron chi connectivity index (χ3n) is 3.84. The minimum Gasteiger partial charge on any atom is -0.491 e. The maximum Gasteiger partial charge on any atom is 0.338 e. The lowest BCUT2D eigenvalue weighted by Gasteiger charge is -2.32. The molecule has 0 aromatic heterocycles. The predicted octanol–water partition coefficient (Wildman–Crippen LogP) is 3.69. The summed E-state index contributed by atoms with van der Waals surface area (Å²) in [6.07, 6.45) is -0.294. The average Bonchev–Trinajstić information content (AvgIpc) is 2.53. The first-order chi connectivity index (χ1) is 12.2. The fraction of sp³-hybridized carbons (Fsp3) is 0.500. The number of hydrogen-bond donors (Lipinski definition) is 2. The molecule has 6 nitrogen and oxygen atoms in total. The summed E-state index contributed by atoms with van der Waals surface area (Å²) in [6, 6.07) is 6.43. The van der Waals surface area contributed by atoms with Gasteiger partial charge in [-0.1, -0.05) is 32.0 Å². The molecule has 0 aliphatic carbocycles. The van der Waals surface area contributed by atoms with E-state index in [0.717, 1.165) is 5.56 Å². The molecule has 0 fully saturated rings. The highest BCUT2D eigenvalue weighted by Gasteiger charge is 2.36. The van der Waals surface area contributed by atoms with Crippen molar-refractivity contribution in [2.75, 3.05) is 0 Å². The van der Waals surface area contributed by atoms with Crippen LogP contribution in [0.3, 0.4) is 0 Å². The summed E-state index contributed by atoms with van der Waals surface area (Å²) in [7, 11) is 0. The number of para-hydroxylation sites is 1. The molecular formula is C20H28N2O4. The molecule has 0 radical (unpaired) electrons. The number of urea groups is 1. The van der Waals surface area contributed by atoms with Crippen molar-refractivity contribution in [3.63, 3.8) is 0 Å². The number of hydrogen-bond acceptors (Lipinski definition) is 4. The van der Waals surface area contributed by atoms with Crippen LogP contribution in [0, 0.1) is 5.92 Å². The largest absolute Gasteiger partial charge is 0.491 e. The number of benzene rings is 1. The van der Waals surface area contributed by atoms with Crippen LogP contribution in [0.25, 0.3) is 0 Å². The highest BCUT2D eigenvalue weighted by Crippen LogP contribution is 2.35. The van der Waals surface area contributed by atoms with Gasteiger partial charge in [0.05, 0.1) is 23.8 Å². The molecule has 2 rings (SSSR count).